The maximum atomic E-state index is 12.9. The first kappa shape index (κ1) is 16.0. The minimum absolute atomic E-state index is 0.0512. The van der Waals surface area contributed by atoms with Crippen molar-refractivity contribution in [3.8, 4) is 0 Å². The van der Waals surface area contributed by atoms with E-state index in [1.54, 1.807) is 0 Å². The van der Waals surface area contributed by atoms with Crippen molar-refractivity contribution in [2.75, 3.05) is 19.8 Å². The van der Waals surface area contributed by atoms with Gasteiger partial charge in [0.05, 0.1) is 24.9 Å². The van der Waals surface area contributed by atoms with Crippen molar-refractivity contribution in [1.82, 2.24) is 4.90 Å². The molecule has 22 heavy (non-hydrogen) atoms. The van der Waals surface area contributed by atoms with E-state index in [-0.39, 0.29) is 11.9 Å². The van der Waals surface area contributed by atoms with Gasteiger partial charge in [0.25, 0.3) is 5.91 Å². The fourth-order valence-corrected chi connectivity index (χ4v) is 3.68. The normalized spacial score (nSPS) is 27.9. The molecule has 1 amide bonds. The molecular weight excluding hydrogens is 346 g/mol. The van der Waals surface area contributed by atoms with Gasteiger partial charge < -0.3 is 14.4 Å². The SMILES string of the molecule is CC1(C)COC[C@H](C(=O)N2CCCC2c2cccc(Br)c2)O1. The molecule has 2 atom stereocenters. The average Bonchev–Trinajstić information content (AvgIpc) is 2.94. The van der Waals surface area contributed by atoms with E-state index in [2.05, 4.69) is 28.1 Å². The topological polar surface area (TPSA) is 38.8 Å². The van der Waals surface area contributed by atoms with Crippen molar-refractivity contribution in [1.29, 1.82) is 0 Å². The number of hydrogen-bond donors (Lipinski definition) is 0. The number of nitrogens with zero attached hydrogens (tertiary/aromatic N) is 1. The number of carbonyl (C=O) groups is 1. The third-order valence-corrected chi connectivity index (χ3v) is 4.72. The van der Waals surface area contributed by atoms with Crippen LogP contribution in [0.3, 0.4) is 0 Å². The lowest BCUT2D eigenvalue weighted by atomic mass is 10.0. The molecular formula is C17H22BrNO3. The van der Waals surface area contributed by atoms with Crippen molar-refractivity contribution in [2.45, 2.75) is 44.4 Å². The standard InChI is InChI=1S/C17H22BrNO3/c1-17(2)11-21-10-15(22-17)16(20)19-8-4-7-14(19)12-5-3-6-13(18)9-12/h3,5-6,9,14-15H,4,7-8,10-11H2,1-2H3/t14?,15-/m1/s1. The van der Waals surface area contributed by atoms with Crippen LogP contribution in [-0.4, -0.2) is 42.3 Å². The summed E-state index contributed by atoms with van der Waals surface area (Å²) >= 11 is 3.51. The molecule has 1 aromatic rings. The summed E-state index contributed by atoms with van der Waals surface area (Å²) in [4.78, 5) is 14.8. The molecule has 0 N–H and O–H groups in total. The summed E-state index contributed by atoms with van der Waals surface area (Å²) in [6, 6.07) is 8.34. The average molecular weight is 368 g/mol. The molecule has 2 saturated heterocycles. The first-order chi connectivity index (χ1) is 10.5. The van der Waals surface area contributed by atoms with Crippen LogP contribution in [0.1, 0.15) is 38.3 Å². The van der Waals surface area contributed by atoms with Crippen molar-refractivity contribution in [3.05, 3.63) is 34.3 Å². The van der Waals surface area contributed by atoms with Gasteiger partial charge in [0.1, 0.15) is 0 Å². The van der Waals surface area contributed by atoms with Gasteiger partial charge in [-0.15, -0.1) is 0 Å². The maximum Gasteiger partial charge on any atom is 0.254 e. The second kappa shape index (κ2) is 6.30. The molecule has 0 bridgehead atoms. The van der Waals surface area contributed by atoms with Crippen LogP contribution < -0.4 is 0 Å². The number of amides is 1. The predicted molar refractivity (Wildman–Crippen MR) is 87.6 cm³/mol. The zero-order chi connectivity index (χ0) is 15.7. The van der Waals surface area contributed by atoms with Gasteiger partial charge in [-0.3, -0.25) is 4.79 Å². The summed E-state index contributed by atoms with van der Waals surface area (Å²) in [5.74, 6) is 0.0512. The number of rotatable bonds is 2. The first-order valence-corrected chi connectivity index (χ1v) is 8.57. The van der Waals surface area contributed by atoms with Gasteiger partial charge in [-0.2, -0.15) is 0 Å². The van der Waals surface area contributed by atoms with Crippen LogP contribution in [0.25, 0.3) is 0 Å². The lowest BCUT2D eigenvalue weighted by Gasteiger charge is -2.37. The van der Waals surface area contributed by atoms with Gasteiger partial charge in [-0.1, -0.05) is 28.1 Å². The molecule has 2 aliphatic rings. The molecule has 120 valence electrons. The number of benzene rings is 1. The largest absolute Gasteiger partial charge is 0.375 e. The van der Waals surface area contributed by atoms with Gasteiger partial charge in [-0.05, 0) is 44.4 Å². The van der Waals surface area contributed by atoms with Crippen LogP contribution >= 0.6 is 15.9 Å². The summed E-state index contributed by atoms with van der Waals surface area (Å²) < 4.78 is 12.5. The summed E-state index contributed by atoms with van der Waals surface area (Å²) in [5.41, 5.74) is 0.778. The molecule has 3 rings (SSSR count). The second-order valence-electron chi connectivity index (χ2n) is 6.63. The highest BCUT2D eigenvalue weighted by Gasteiger charge is 2.39. The summed E-state index contributed by atoms with van der Waals surface area (Å²) in [6.45, 7) is 5.59. The van der Waals surface area contributed by atoms with E-state index in [1.165, 1.54) is 5.56 Å². The zero-order valence-corrected chi connectivity index (χ0v) is 14.6. The van der Waals surface area contributed by atoms with E-state index in [0.717, 1.165) is 23.9 Å². The van der Waals surface area contributed by atoms with E-state index < -0.39 is 11.7 Å². The Hall–Kier alpha value is -0.910. The number of ether oxygens (including phenoxy) is 2. The first-order valence-electron chi connectivity index (χ1n) is 7.78. The van der Waals surface area contributed by atoms with Gasteiger partial charge >= 0.3 is 0 Å². The van der Waals surface area contributed by atoms with E-state index in [1.807, 2.05) is 30.9 Å². The van der Waals surface area contributed by atoms with E-state index in [0.29, 0.717) is 13.2 Å². The van der Waals surface area contributed by atoms with E-state index >= 15 is 0 Å². The van der Waals surface area contributed by atoms with Crippen LogP contribution in [-0.2, 0) is 14.3 Å². The van der Waals surface area contributed by atoms with E-state index in [9.17, 15) is 4.79 Å². The summed E-state index contributed by atoms with van der Waals surface area (Å²) in [7, 11) is 0. The minimum Gasteiger partial charge on any atom is -0.375 e. The Morgan fingerprint density at radius 1 is 1.41 bits per heavy atom. The van der Waals surface area contributed by atoms with Crippen LogP contribution in [0.2, 0.25) is 0 Å². The highest BCUT2D eigenvalue weighted by Crippen LogP contribution is 2.34. The summed E-state index contributed by atoms with van der Waals surface area (Å²) in [6.07, 6.45) is 1.54. The molecule has 0 spiro atoms. The molecule has 2 aliphatic heterocycles. The number of halogens is 1. The fourth-order valence-electron chi connectivity index (χ4n) is 3.26. The Balaban J connectivity index is 1.76. The van der Waals surface area contributed by atoms with Gasteiger partial charge in [0, 0.05) is 11.0 Å². The Morgan fingerprint density at radius 2 is 2.23 bits per heavy atom. The van der Waals surface area contributed by atoms with Crippen molar-refractivity contribution in [3.63, 3.8) is 0 Å². The third kappa shape index (κ3) is 3.36. The van der Waals surface area contributed by atoms with Crippen LogP contribution in [0.5, 0.6) is 0 Å². The highest BCUT2D eigenvalue weighted by molar-refractivity contribution is 9.10. The molecule has 4 nitrogen and oxygen atoms in total. The predicted octanol–water partition coefficient (Wildman–Crippen LogP) is 3.31. The summed E-state index contributed by atoms with van der Waals surface area (Å²) in [5, 5.41) is 0. The quantitative estimate of drug-likeness (QED) is 0.804. The molecule has 0 radical (unpaired) electrons. The lowest BCUT2D eigenvalue weighted by molar-refractivity contribution is -0.196. The molecule has 2 fully saturated rings. The molecule has 5 heteroatoms. The number of carbonyl (C=O) groups excluding carboxylic acids is 1. The van der Waals surface area contributed by atoms with Crippen molar-refractivity contribution >= 4 is 21.8 Å². The molecule has 0 saturated carbocycles. The Bertz CT molecular complexity index is 561. The van der Waals surface area contributed by atoms with Crippen LogP contribution in [0.4, 0.5) is 0 Å². The monoisotopic (exact) mass is 367 g/mol. The van der Waals surface area contributed by atoms with Gasteiger partial charge in [-0.25, -0.2) is 0 Å². The zero-order valence-electron chi connectivity index (χ0n) is 13.0. The smallest absolute Gasteiger partial charge is 0.254 e. The van der Waals surface area contributed by atoms with Crippen LogP contribution in [0.15, 0.2) is 28.7 Å². The Kier molecular flexibility index (Phi) is 4.57. The van der Waals surface area contributed by atoms with Crippen molar-refractivity contribution < 1.29 is 14.3 Å². The Labute approximate surface area is 139 Å². The number of hydrogen-bond acceptors (Lipinski definition) is 3. The molecule has 2 heterocycles. The van der Waals surface area contributed by atoms with Crippen LogP contribution in [0, 0.1) is 0 Å². The van der Waals surface area contributed by atoms with Gasteiger partial charge in [0.15, 0.2) is 6.10 Å². The van der Waals surface area contributed by atoms with Crippen molar-refractivity contribution in [2.24, 2.45) is 0 Å². The molecule has 0 aliphatic carbocycles. The Morgan fingerprint density at radius 3 is 2.95 bits per heavy atom. The van der Waals surface area contributed by atoms with Gasteiger partial charge in [0.2, 0.25) is 0 Å². The lowest BCUT2D eigenvalue weighted by Crippen LogP contribution is -2.51. The minimum atomic E-state index is -0.489. The highest BCUT2D eigenvalue weighted by atomic mass is 79.9. The maximum absolute atomic E-state index is 12.9. The molecule has 1 unspecified atom stereocenters. The molecule has 0 aromatic heterocycles. The third-order valence-electron chi connectivity index (χ3n) is 4.22. The van der Waals surface area contributed by atoms with E-state index in [4.69, 9.17) is 9.47 Å². The second-order valence-corrected chi connectivity index (χ2v) is 7.54. The number of likely N-dealkylation sites (tertiary alicyclic amines) is 1. The molecule has 1 aromatic carbocycles. The fraction of sp³-hybridized carbons (Fsp3) is 0.588.